The van der Waals surface area contributed by atoms with E-state index < -0.39 is 17.9 Å². The second-order valence-electron chi connectivity index (χ2n) is 4.68. The van der Waals surface area contributed by atoms with Gasteiger partial charge in [0.2, 0.25) is 0 Å². The summed E-state index contributed by atoms with van der Waals surface area (Å²) in [7, 11) is 0. The number of carbonyl (C=O) groups excluding carboxylic acids is 1. The summed E-state index contributed by atoms with van der Waals surface area (Å²) in [5.41, 5.74) is 1.18. The smallest absolute Gasteiger partial charge is 0.326 e. The number of nitrogens with zero attached hydrogens (tertiary/aromatic N) is 1. The molecule has 0 aliphatic heterocycles. The molecule has 1 atom stereocenters. The Morgan fingerprint density at radius 2 is 2.06 bits per heavy atom. The van der Waals surface area contributed by atoms with E-state index in [1.54, 1.807) is 12.1 Å². The van der Waals surface area contributed by atoms with Crippen LogP contribution in [0.1, 0.15) is 36.3 Å². The van der Waals surface area contributed by atoms with Gasteiger partial charge in [0.1, 0.15) is 6.04 Å². The van der Waals surface area contributed by atoms with Crippen molar-refractivity contribution in [3.63, 3.8) is 0 Å². The number of aryl methyl sites for hydroxylation is 1. The molecule has 98 valence electrons. The van der Waals surface area contributed by atoms with Crippen molar-refractivity contribution in [2.45, 2.75) is 33.2 Å². The molecule has 0 saturated heterocycles. The Bertz CT molecular complexity index is 426. The molecule has 0 aliphatic carbocycles. The number of hydrogen-bond donors (Lipinski definition) is 2. The zero-order valence-corrected chi connectivity index (χ0v) is 10.8. The van der Waals surface area contributed by atoms with Crippen LogP contribution in [-0.2, 0) is 4.79 Å². The summed E-state index contributed by atoms with van der Waals surface area (Å²) < 4.78 is 0. The normalized spacial score (nSPS) is 12.2. The molecule has 5 heteroatoms. The first kappa shape index (κ1) is 14.2. The third kappa shape index (κ3) is 4.16. The molecular weight excluding hydrogens is 232 g/mol. The minimum absolute atomic E-state index is 0.197. The largest absolute Gasteiger partial charge is 0.480 e. The van der Waals surface area contributed by atoms with Crippen molar-refractivity contribution in [2.24, 2.45) is 5.92 Å². The van der Waals surface area contributed by atoms with Crippen LogP contribution >= 0.6 is 0 Å². The molecule has 1 heterocycles. The first-order valence-electron chi connectivity index (χ1n) is 5.86. The number of carbonyl (C=O) groups is 2. The van der Waals surface area contributed by atoms with E-state index in [1.165, 1.54) is 6.20 Å². The van der Waals surface area contributed by atoms with Crippen molar-refractivity contribution < 1.29 is 14.7 Å². The molecule has 1 rings (SSSR count). The van der Waals surface area contributed by atoms with Crippen molar-refractivity contribution in [1.82, 2.24) is 10.3 Å². The van der Waals surface area contributed by atoms with E-state index in [-0.39, 0.29) is 5.92 Å². The van der Waals surface area contributed by atoms with Gasteiger partial charge in [-0.1, -0.05) is 13.8 Å². The molecule has 5 nitrogen and oxygen atoms in total. The second kappa shape index (κ2) is 6.14. The van der Waals surface area contributed by atoms with E-state index in [2.05, 4.69) is 10.3 Å². The Hall–Kier alpha value is -1.91. The highest BCUT2D eigenvalue weighted by Crippen LogP contribution is 2.07. The SMILES string of the molecule is Cc1ccc(C(=O)NC(CC(C)C)C(=O)O)cn1. The van der Waals surface area contributed by atoms with Crippen molar-refractivity contribution in [1.29, 1.82) is 0 Å². The summed E-state index contributed by atoms with van der Waals surface area (Å²) in [6, 6.07) is 2.48. The van der Waals surface area contributed by atoms with Crippen molar-refractivity contribution in [3.05, 3.63) is 29.6 Å². The predicted molar refractivity (Wildman–Crippen MR) is 67.3 cm³/mol. The van der Waals surface area contributed by atoms with Gasteiger partial charge in [-0.25, -0.2) is 4.79 Å². The molecule has 1 amide bonds. The summed E-state index contributed by atoms with van der Waals surface area (Å²) in [5, 5.41) is 11.5. The van der Waals surface area contributed by atoms with E-state index in [0.29, 0.717) is 12.0 Å². The highest BCUT2D eigenvalue weighted by Gasteiger charge is 2.21. The predicted octanol–water partition coefficient (Wildman–Crippen LogP) is 1.62. The molecule has 18 heavy (non-hydrogen) atoms. The molecule has 1 unspecified atom stereocenters. The Morgan fingerprint density at radius 3 is 2.50 bits per heavy atom. The highest BCUT2D eigenvalue weighted by atomic mass is 16.4. The lowest BCUT2D eigenvalue weighted by molar-refractivity contribution is -0.139. The van der Waals surface area contributed by atoms with Gasteiger partial charge in [0.15, 0.2) is 0 Å². The van der Waals surface area contributed by atoms with E-state index in [9.17, 15) is 9.59 Å². The number of aromatic nitrogens is 1. The van der Waals surface area contributed by atoms with Crippen LogP contribution in [0.25, 0.3) is 0 Å². The van der Waals surface area contributed by atoms with Gasteiger partial charge in [0.25, 0.3) is 5.91 Å². The van der Waals surface area contributed by atoms with E-state index in [0.717, 1.165) is 5.69 Å². The van der Waals surface area contributed by atoms with E-state index >= 15 is 0 Å². The molecular formula is C13H18N2O3. The molecule has 0 saturated carbocycles. The van der Waals surface area contributed by atoms with Gasteiger partial charge in [-0.15, -0.1) is 0 Å². The number of aliphatic carboxylic acids is 1. The summed E-state index contributed by atoms with van der Waals surface area (Å²) in [4.78, 5) is 26.9. The standard InChI is InChI=1S/C13H18N2O3/c1-8(2)6-11(13(17)18)15-12(16)10-5-4-9(3)14-7-10/h4-5,7-8,11H,6H2,1-3H3,(H,15,16)(H,17,18). The Balaban J connectivity index is 2.72. The third-order valence-corrected chi connectivity index (χ3v) is 2.48. The zero-order valence-electron chi connectivity index (χ0n) is 10.8. The molecule has 0 bridgehead atoms. The molecule has 0 aromatic carbocycles. The minimum Gasteiger partial charge on any atom is -0.480 e. The number of amides is 1. The first-order valence-corrected chi connectivity index (χ1v) is 5.86. The number of rotatable bonds is 5. The van der Waals surface area contributed by atoms with E-state index in [1.807, 2.05) is 20.8 Å². The van der Waals surface area contributed by atoms with E-state index in [4.69, 9.17) is 5.11 Å². The van der Waals surface area contributed by atoms with Gasteiger partial charge < -0.3 is 10.4 Å². The van der Waals surface area contributed by atoms with Gasteiger partial charge in [-0.05, 0) is 31.4 Å². The number of pyridine rings is 1. The Kier molecular flexibility index (Phi) is 4.83. The third-order valence-electron chi connectivity index (χ3n) is 2.48. The van der Waals surface area contributed by atoms with Crippen LogP contribution in [-0.4, -0.2) is 28.0 Å². The van der Waals surface area contributed by atoms with Crippen molar-refractivity contribution in [2.75, 3.05) is 0 Å². The van der Waals surface area contributed by atoms with Crippen molar-refractivity contribution in [3.8, 4) is 0 Å². The van der Waals surface area contributed by atoms with Crippen LogP contribution in [0.3, 0.4) is 0 Å². The maximum Gasteiger partial charge on any atom is 0.326 e. The molecule has 0 spiro atoms. The fourth-order valence-electron chi connectivity index (χ4n) is 1.54. The van der Waals surface area contributed by atoms with Crippen LogP contribution in [0.4, 0.5) is 0 Å². The minimum atomic E-state index is -1.02. The zero-order chi connectivity index (χ0) is 13.7. The number of hydrogen-bond acceptors (Lipinski definition) is 3. The molecule has 1 aromatic rings. The number of carboxylic acid groups (broad SMARTS) is 1. The first-order chi connectivity index (χ1) is 8.40. The van der Waals surface area contributed by atoms with Crippen LogP contribution in [0, 0.1) is 12.8 Å². The fraction of sp³-hybridized carbons (Fsp3) is 0.462. The van der Waals surface area contributed by atoms with Crippen LogP contribution in [0.2, 0.25) is 0 Å². The second-order valence-corrected chi connectivity index (χ2v) is 4.68. The fourth-order valence-corrected chi connectivity index (χ4v) is 1.54. The Labute approximate surface area is 106 Å². The summed E-state index contributed by atoms with van der Waals surface area (Å²) in [6.45, 7) is 5.64. The average Bonchev–Trinajstić information content (AvgIpc) is 2.28. The summed E-state index contributed by atoms with van der Waals surface area (Å²) in [5.74, 6) is -1.23. The highest BCUT2D eigenvalue weighted by molar-refractivity contribution is 5.96. The van der Waals surface area contributed by atoms with Gasteiger partial charge in [-0.3, -0.25) is 9.78 Å². The lowest BCUT2D eigenvalue weighted by atomic mass is 10.0. The monoisotopic (exact) mass is 250 g/mol. The maximum atomic E-state index is 11.8. The molecule has 0 aliphatic rings. The molecule has 0 radical (unpaired) electrons. The van der Waals surface area contributed by atoms with Crippen LogP contribution in [0.5, 0.6) is 0 Å². The lowest BCUT2D eigenvalue weighted by Crippen LogP contribution is -2.41. The van der Waals surface area contributed by atoms with Gasteiger partial charge in [0.05, 0.1) is 5.56 Å². The van der Waals surface area contributed by atoms with Crippen LogP contribution in [0.15, 0.2) is 18.3 Å². The topological polar surface area (TPSA) is 79.3 Å². The quantitative estimate of drug-likeness (QED) is 0.832. The van der Waals surface area contributed by atoms with Gasteiger partial charge in [-0.2, -0.15) is 0 Å². The summed E-state index contributed by atoms with van der Waals surface area (Å²) in [6.07, 6.45) is 1.85. The molecule has 0 fully saturated rings. The summed E-state index contributed by atoms with van der Waals surface area (Å²) >= 11 is 0. The van der Waals surface area contributed by atoms with Gasteiger partial charge >= 0.3 is 5.97 Å². The van der Waals surface area contributed by atoms with Gasteiger partial charge in [0, 0.05) is 11.9 Å². The van der Waals surface area contributed by atoms with Crippen molar-refractivity contribution >= 4 is 11.9 Å². The number of carboxylic acids is 1. The maximum absolute atomic E-state index is 11.8. The Morgan fingerprint density at radius 1 is 1.39 bits per heavy atom. The lowest BCUT2D eigenvalue weighted by Gasteiger charge is -2.16. The molecule has 2 N–H and O–H groups in total. The number of nitrogens with one attached hydrogen (secondary N) is 1. The van der Waals surface area contributed by atoms with Crippen LogP contribution < -0.4 is 5.32 Å². The average molecular weight is 250 g/mol. The molecule has 1 aromatic heterocycles.